The summed E-state index contributed by atoms with van der Waals surface area (Å²) >= 11 is 1.31. The molecule has 2 aromatic carbocycles. The van der Waals surface area contributed by atoms with E-state index in [4.69, 9.17) is 13.6 Å². The fraction of sp³-hybridized carbons (Fsp3) is 0.200. The summed E-state index contributed by atoms with van der Waals surface area (Å²) in [5.41, 5.74) is 1.45. The van der Waals surface area contributed by atoms with Crippen molar-refractivity contribution < 1.29 is 18.0 Å². The van der Waals surface area contributed by atoms with Gasteiger partial charge in [0, 0.05) is 11.1 Å². The summed E-state index contributed by atoms with van der Waals surface area (Å²) < 4.78 is 29.9. The minimum absolute atomic E-state index is 0.203. The van der Waals surface area contributed by atoms with Gasteiger partial charge in [0.05, 0.1) is 11.9 Å². The van der Waals surface area contributed by atoms with Gasteiger partial charge in [0.1, 0.15) is 11.6 Å². The molecule has 0 saturated carbocycles. The standard InChI is InChI=1S/C20H17FN4O3S/c1-3-26-16-10-6-14(7-11-16)19-24-25-20(28-19)29-12(2)17-22-23-18(27-17)13-4-8-15(21)9-5-13/h4-12H,3H2,1-2H3/t12-/m1/s1. The van der Waals surface area contributed by atoms with E-state index < -0.39 is 0 Å². The van der Waals surface area contributed by atoms with E-state index in [-0.39, 0.29) is 11.1 Å². The third-order valence-corrected chi connectivity index (χ3v) is 4.90. The van der Waals surface area contributed by atoms with Gasteiger partial charge in [-0.2, -0.15) is 0 Å². The van der Waals surface area contributed by atoms with Crippen molar-refractivity contribution in [2.75, 3.05) is 6.61 Å². The van der Waals surface area contributed by atoms with Crippen LogP contribution in [0, 0.1) is 5.82 Å². The van der Waals surface area contributed by atoms with Crippen LogP contribution in [-0.4, -0.2) is 27.0 Å². The topological polar surface area (TPSA) is 87.1 Å². The highest BCUT2D eigenvalue weighted by Crippen LogP contribution is 2.35. The average molecular weight is 412 g/mol. The molecule has 0 bridgehead atoms. The maximum atomic E-state index is 13.1. The molecular weight excluding hydrogens is 395 g/mol. The molecule has 0 aliphatic rings. The Balaban J connectivity index is 1.44. The summed E-state index contributed by atoms with van der Waals surface area (Å²) in [6.07, 6.45) is 0. The maximum absolute atomic E-state index is 13.1. The monoisotopic (exact) mass is 412 g/mol. The van der Waals surface area contributed by atoms with Crippen molar-refractivity contribution in [1.29, 1.82) is 0 Å². The fourth-order valence-corrected chi connectivity index (χ4v) is 3.26. The van der Waals surface area contributed by atoms with Crippen molar-refractivity contribution in [1.82, 2.24) is 20.4 Å². The molecule has 0 aliphatic carbocycles. The van der Waals surface area contributed by atoms with Crippen molar-refractivity contribution >= 4 is 11.8 Å². The number of ether oxygens (including phenoxy) is 1. The fourth-order valence-electron chi connectivity index (χ4n) is 2.54. The van der Waals surface area contributed by atoms with Gasteiger partial charge in [0.25, 0.3) is 5.22 Å². The molecular formula is C20H17FN4O3S. The molecule has 29 heavy (non-hydrogen) atoms. The van der Waals surface area contributed by atoms with E-state index in [0.29, 0.717) is 35.1 Å². The van der Waals surface area contributed by atoms with Gasteiger partial charge in [-0.25, -0.2) is 4.39 Å². The molecule has 4 rings (SSSR count). The van der Waals surface area contributed by atoms with Crippen LogP contribution in [0.3, 0.4) is 0 Å². The zero-order chi connectivity index (χ0) is 20.2. The first-order chi connectivity index (χ1) is 14.1. The van der Waals surface area contributed by atoms with Crippen LogP contribution in [0.15, 0.2) is 62.6 Å². The third kappa shape index (κ3) is 4.45. The van der Waals surface area contributed by atoms with Crippen LogP contribution in [0.2, 0.25) is 0 Å². The van der Waals surface area contributed by atoms with Crippen molar-refractivity contribution in [3.05, 3.63) is 60.2 Å². The molecule has 0 fully saturated rings. The summed E-state index contributed by atoms with van der Waals surface area (Å²) in [5.74, 6) is 1.62. The lowest BCUT2D eigenvalue weighted by Crippen LogP contribution is -1.90. The summed E-state index contributed by atoms with van der Waals surface area (Å²) in [5, 5.41) is 16.4. The Hall–Kier alpha value is -3.20. The molecule has 2 aromatic heterocycles. The van der Waals surface area contributed by atoms with E-state index in [1.807, 2.05) is 38.1 Å². The van der Waals surface area contributed by atoms with E-state index in [1.165, 1.54) is 23.9 Å². The third-order valence-electron chi connectivity index (χ3n) is 3.98. The summed E-state index contributed by atoms with van der Waals surface area (Å²) in [4.78, 5) is 0. The van der Waals surface area contributed by atoms with Gasteiger partial charge < -0.3 is 13.6 Å². The smallest absolute Gasteiger partial charge is 0.277 e. The molecule has 0 radical (unpaired) electrons. The van der Waals surface area contributed by atoms with Gasteiger partial charge in [-0.3, -0.25) is 0 Å². The van der Waals surface area contributed by atoms with E-state index in [1.54, 1.807) is 12.1 Å². The number of halogens is 1. The predicted octanol–water partition coefficient (Wildman–Crippen LogP) is 5.18. The molecule has 0 amide bonds. The average Bonchev–Trinajstić information content (AvgIpc) is 3.39. The Labute approximate surface area is 170 Å². The summed E-state index contributed by atoms with van der Waals surface area (Å²) in [6.45, 7) is 4.44. The van der Waals surface area contributed by atoms with Crippen molar-refractivity contribution in [2.24, 2.45) is 0 Å². The Morgan fingerprint density at radius 1 is 0.897 bits per heavy atom. The summed E-state index contributed by atoms with van der Waals surface area (Å²) in [6, 6.07) is 13.3. The number of nitrogens with zero attached hydrogens (tertiary/aromatic N) is 4. The van der Waals surface area contributed by atoms with Crippen molar-refractivity contribution in [2.45, 2.75) is 24.3 Å². The molecule has 7 nitrogen and oxygen atoms in total. The molecule has 0 spiro atoms. The molecule has 0 unspecified atom stereocenters. The second-order valence-electron chi connectivity index (χ2n) is 6.04. The van der Waals surface area contributed by atoms with Gasteiger partial charge in [-0.15, -0.1) is 20.4 Å². The highest BCUT2D eigenvalue weighted by atomic mass is 32.2. The number of benzene rings is 2. The lowest BCUT2D eigenvalue weighted by Gasteiger charge is -2.03. The van der Waals surface area contributed by atoms with E-state index in [9.17, 15) is 4.39 Å². The second kappa shape index (κ2) is 8.44. The molecule has 1 atom stereocenters. The quantitative estimate of drug-likeness (QED) is 0.384. The summed E-state index contributed by atoms with van der Waals surface area (Å²) in [7, 11) is 0. The normalized spacial score (nSPS) is 12.1. The van der Waals surface area contributed by atoms with E-state index in [2.05, 4.69) is 20.4 Å². The molecule has 4 aromatic rings. The van der Waals surface area contributed by atoms with Crippen molar-refractivity contribution in [3.63, 3.8) is 0 Å². The minimum Gasteiger partial charge on any atom is -0.494 e. The Bertz CT molecular complexity index is 1080. The zero-order valence-corrected chi connectivity index (χ0v) is 16.5. The number of hydrogen-bond acceptors (Lipinski definition) is 8. The van der Waals surface area contributed by atoms with Crippen LogP contribution in [-0.2, 0) is 0 Å². The van der Waals surface area contributed by atoms with E-state index in [0.717, 1.165) is 11.3 Å². The first-order valence-corrected chi connectivity index (χ1v) is 9.83. The lowest BCUT2D eigenvalue weighted by molar-refractivity contribution is 0.340. The minimum atomic E-state index is -0.322. The second-order valence-corrected chi connectivity index (χ2v) is 7.33. The lowest BCUT2D eigenvalue weighted by atomic mass is 10.2. The van der Waals surface area contributed by atoms with Gasteiger partial charge in [-0.05, 0) is 62.4 Å². The van der Waals surface area contributed by atoms with Crippen LogP contribution in [0.25, 0.3) is 22.9 Å². The van der Waals surface area contributed by atoms with Crippen molar-refractivity contribution in [3.8, 4) is 28.7 Å². The molecule has 9 heteroatoms. The Morgan fingerprint density at radius 2 is 1.52 bits per heavy atom. The van der Waals surface area contributed by atoms with Crippen LogP contribution in [0.1, 0.15) is 25.0 Å². The zero-order valence-electron chi connectivity index (χ0n) is 15.7. The Kier molecular flexibility index (Phi) is 5.57. The number of hydrogen-bond donors (Lipinski definition) is 0. The van der Waals surface area contributed by atoms with E-state index >= 15 is 0 Å². The highest BCUT2D eigenvalue weighted by molar-refractivity contribution is 7.99. The highest BCUT2D eigenvalue weighted by Gasteiger charge is 2.20. The molecule has 0 N–H and O–H groups in total. The number of aromatic nitrogens is 4. The molecule has 2 heterocycles. The maximum Gasteiger partial charge on any atom is 0.277 e. The van der Waals surface area contributed by atoms with Crippen LogP contribution in [0.5, 0.6) is 5.75 Å². The van der Waals surface area contributed by atoms with Gasteiger partial charge in [0.15, 0.2) is 0 Å². The molecule has 0 saturated heterocycles. The van der Waals surface area contributed by atoms with Gasteiger partial charge >= 0.3 is 0 Å². The number of rotatable bonds is 7. The van der Waals surface area contributed by atoms with Crippen LogP contribution >= 0.6 is 11.8 Å². The van der Waals surface area contributed by atoms with Crippen LogP contribution in [0.4, 0.5) is 4.39 Å². The van der Waals surface area contributed by atoms with Gasteiger partial charge in [0.2, 0.25) is 17.7 Å². The molecule has 148 valence electrons. The van der Waals surface area contributed by atoms with Crippen LogP contribution < -0.4 is 4.74 Å². The Morgan fingerprint density at radius 3 is 2.21 bits per heavy atom. The first kappa shape index (κ1) is 19.1. The first-order valence-electron chi connectivity index (χ1n) is 8.95. The number of thioether (sulfide) groups is 1. The van der Waals surface area contributed by atoms with Gasteiger partial charge in [-0.1, -0.05) is 11.8 Å². The SMILES string of the molecule is CCOc1ccc(-c2nnc(S[C@H](C)c3nnc(-c4ccc(F)cc4)o3)o2)cc1. The largest absolute Gasteiger partial charge is 0.494 e. The predicted molar refractivity (Wildman–Crippen MR) is 105 cm³/mol. The molecule has 0 aliphatic heterocycles.